The van der Waals surface area contributed by atoms with Crippen molar-refractivity contribution in [2.24, 2.45) is 0 Å². The van der Waals surface area contributed by atoms with E-state index in [0.29, 0.717) is 0 Å². The van der Waals surface area contributed by atoms with Crippen LogP contribution in [0.4, 0.5) is 0 Å². The van der Waals surface area contributed by atoms with Crippen molar-refractivity contribution in [1.29, 1.82) is 0 Å². The smallest absolute Gasteiger partial charge is 0.257 e. The number of rotatable bonds is 7. The molecule has 1 aromatic rings. The van der Waals surface area contributed by atoms with E-state index in [-0.39, 0.29) is 12.5 Å². The van der Waals surface area contributed by atoms with Gasteiger partial charge in [-0.1, -0.05) is 25.1 Å². The van der Waals surface area contributed by atoms with E-state index in [9.17, 15) is 4.79 Å². The minimum Gasteiger partial charge on any atom is -0.483 e. The maximum absolute atomic E-state index is 11.2. The number of carbonyl (C=O) groups excluding carboxylic acids is 1. The topological polar surface area (TPSA) is 50.4 Å². The summed E-state index contributed by atoms with van der Waals surface area (Å²) >= 11 is 0. The van der Waals surface area contributed by atoms with Crippen LogP contribution in [0.2, 0.25) is 0 Å². The molecule has 0 aliphatic heterocycles. The van der Waals surface area contributed by atoms with Crippen LogP contribution in [0.1, 0.15) is 24.5 Å². The molecule has 0 saturated carbocycles. The number of hydrogen-bond donors (Lipinski definition) is 2. The first-order valence-electron chi connectivity index (χ1n) is 6.31. The first-order valence-corrected chi connectivity index (χ1v) is 6.31. The Morgan fingerprint density at radius 3 is 2.83 bits per heavy atom. The van der Waals surface area contributed by atoms with Gasteiger partial charge in [0.15, 0.2) is 6.61 Å². The molecule has 0 atom stereocenters. The SMILES string of the molecule is CCCNCc1cccc(C)c1OCC(=O)NC. The third-order valence-corrected chi connectivity index (χ3v) is 2.66. The number of amides is 1. The molecular formula is C14H22N2O2. The Morgan fingerprint density at radius 1 is 1.39 bits per heavy atom. The lowest BCUT2D eigenvalue weighted by Crippen LogP contribution is -2.25. The van der Waals surface area contributed by atoms with E-state index in [1.807, 2.05) is 25.1 Å². The molecule has 1 amide bonds. The van der Waals surface area contributed by atoms with Crippen molar-refractivity contribution in [2.45, 2.75) is 26.8 Å². The minimum atomic E-state index is -0.120. The van der Waals surface area contributed by atoms with E-state index < -0.39 is 0 Å². The fraction of sp³-hybridized carbons (Fsp3) is 0.500. The lowest BCUT2D eigenvalue weighted by atomic mass is 10.1. The van der Waals surface area contributed by atoms with Crippen LogP contribution in [-0.2, 0) is 11.3 Å². The van der Waals surface area contributed by atoms with E-state index in [0.717, 1.165) is 36.4 Å². The summed E-state index contributed by atoms with van der Waals surface area (Å²) in [5, 5.41) is 5.89. The highest BCUT2D eigenvalue weighted by Crippen LogP contribution is 2.23. The fourth-order valence-corrected chi connectivity index (χ4v) is 1.67. The number of likely N-dealkylation sites (N-methyl/N-ethyl adjacent to an activating group) is 1. The second-order valence-corrected chi connectivity index (χ2v) is 4.20. The van der Waals surface area contributed by atoms with Crippen LogP contribution in [0.25, 0.3) is 0 Å². The van der Waals surface area contributed by atoms with E-state index in [4.69, 9.17) is 4.74 Å². The molecule has 0 aliphatic carbocycles. The van der Waals surface area contributed by atoms with Gasteiger partial charge in [0.25, 0.3) is 5.91 Å². The van der Waals surface area contributed by atoms with Crippen molar-refractivity contribution < 1.29 is 9.53 Å². The second-order valence-electron chi connectivity index (χ2n) is 4.20. The van der Waals surface area contributed by atoms with Crippen LogP contribution < -0.4 is 15.4 Å². The molecule has 100 valence electrons. The van der Waals surface area contributed by atoms with Crippen LogP contribution in [0.15, 0.2) is 18.2 Å². The lowest BCUT2D eigenvalue weighted by Gasteiger charge is -2.14. The Morgan fingerprint density at radius 2 is 2.17 bits per heavy atom. The quantitative estimate of drug-likeness (QED) is 0.723. The maximum atomic E-state index is 11.2. The predicted molar refractivity (Wildman–Crippen MR) is 72.7 cm³/mol. The largest absolute Gasteiger partial charge is 0.483 e. The molecule has 0 aromatic heterocycles. The van der Waals surface area contributed by atoms with Crippen LogP contribution in [0.3, 0.4) is 0 Å². The first-order chi connectivity index (χ1) is 8.69. The molecule has 0 bridgehead atoms. The van der Waals surface area contributed by atoms with Gasteiger partial charge in [-0.05, 0) is 25.5 Å². The van der Waals surface area contributed by atoms with Crippen molar-refractivity contribution >= 4 is 5.91 Å². The Bertz CT molecular complexity index is 391. The van der Waals surface area contributed by atoms with Crippen LogP contribution >= 0.6 is 0 Å². The van der Waals surface area contributed by atoms with E-state index in [2.05, 4.69) is 17.6 Å². The van der Waals surface area contributed by atoms with Gasteiger partial charge in [0.1, 0.15) is 5.75 Å². The zero-order valence-electron chi connectivity index (χ0n) is 11.4. The molecule has 18 heavy (non-hydrogen) atoms. The van der Waals surface area contributed by atoms with Crippen molar-refractivity contribution in [2.75, 3.05) is 20.2 Å². The van der Waals surface area contributed by atoms with Crippen molar-refractivity contribution in [3.8, 4) is 5.75 Å². The highest BCUT2D eigenvalue weighted by atomic mass is 16.5. The molecule has 0 radical (unpaired) electrons. The first kappa shape index (κ1) is 14.5. The van der Waals surface area contributed by atoms with Gasteiger partial charge in [0.2, 0.25) is 0 Å². The average molecular weight is 250 g/mol. The molecule has 4 heteroatoms. The summed E-state index contributed by atoms with van der Waals surface area (Å²) in [7, 11) is 1.60. The van der Waals surface area contributed by atoms with Gasteiger partial charge in [-0.15, -0.1) is 0 Å². The summed E-state index contributed by atoms with van der Waals surface area (Å²) in [5.74, 6) is 0.690. The molecule has 1 aromatic carbocycles. The Labute approximate surface area is 109 Å². The summed E-state index contributed by atoms with van der Waals surface area (Å²) in [6.45, 7) is 5.91. The lowest BCUT2D eigenvalue weighted by molar-refractivity contribution is -0.122. The van der Waals surface area contributed by atoms with Gasteiger partial charge in [0.05, 0.1) is 0 Å². The molecule has 4 nitrogen and oxygen atoms in total. The maximum Gasteiger partial charge on any atom is 0.257 e. The molecular weight excluding hydrogens is 228 g/mol. The summed E-state index contributed by atoms with van der Waals surface area (Å²) in [6, 6.07) is 6.02. The monoisotopic (exact) mass is 250 g/mol. The predicted octanol–water partition coefficient (Wildman–Crippen LogP) is 1.62. The van der Waals surface area contributed by atoms with Gasteiger partial charge in [-0.25, -0.2) is 0 Å². The summed E-state index contributed by atoms with van der Waals surface area (Å²) < 4.78 is 5.60. The van der Waals surface area contributed by atoms with E-state index >= 15 is 0 Å². The highest BCUT2D eigenvalue weighted by Gasteiger charge is 2.08. The normalized spacial score (nSPS) is 10.2. The van der Waals surface area contributed by atoms with Gasteiger partial charge >= 0.3 is 0 Å². The van der Waals surface area contributed by atoms with Gasteiger partial charge < -0.3 is 15.4 Å². The number of carbonyl (C=O) groups is 1. The van der Waals surface area contributed by atoms with Gasteiger partial charge in [-0.3, -0.25) is 4.79 Å². The molecule has 0 heterocycles. The van der Waals surface area contributed by atoms with Gasteiger partial charge in [-0.2, -0.15) is 0 Å². The van der Waals surface area contributed by atoms with Crippen molar-refractivity contribution in [3.63, 3.8) is 0 Å². The Hall–Kier alpha value is -1.55. The molecule has 0 spiro atoms. The van der Waals surface area contributed by atoms with Crippen molar-refractivity contribution in [3.05, 3.63) is 29.3 Å². The molecule has 0 saturated heterocycles. The number of aryl methyl sites for hydroxylation is 1. The molecule has 1 rings (SSSR count). The highest BCUT2D eigenvalue weighted by molar-refractivity contribution is 5.77. The van der Waals surface area contributed by atoms with Crippen LogP contribution in [-0.4, -0.2) is 26.1 Å². The molecule has 2 N–H and O–H groups in total. The molecule has 0 unspecified atom stereocenters. The zero-order chi connectivity index (χ0) is 13.4. The van der Waals surface area contributed by atoms with Gasteiger partial charge in [0, 0.05) is 19.2 Å². The Kier molecular flexibility index (Phi) is 6.22. The third kappa shape index (κ3) is 4.37. The molecule has 0 aliphatic rings. The standard InChI is InChI=1S/C14H22N2O2/c1-4-8-16-9-12-7-5-6-11(2)14(12)18-10-13(17)15-3/h5-7,16H,4,8-10H2,1-3H3,(H,15,17). The van der Waals surface area contributed by atoms with Crippen molar-refractivity contribution in [1.82, 2.24) is 10.6 Å². The zero-order valence-corrected chi connectivity index (χ0v) is 11.4. The number of benzene rings is 1. The van der Waals surface area contributed by atoms with Crippen LogP contribution in [0, 0.1) is 6.92 Å². The number of nitrogens with one attached hydrogen (secondary N) is 2. The summed E-state index contributed by atoms with van der Waals surface area (Å²) in [4.78, 5) is 11.2. The number of hydrogen-bond acceptors (Lipinski definition) is 3. The summed E-state index contributed by atoms with van der Waals surface area (Å²) in [6.07, 6.45) is 1.10. The molecule has 0 fully saturated rings. The van der Waals surface area contributed by atoms with E-state index in [1.165, 1.54) is 0 Å². The minimum absolute atomic E-state index is 0.0577. The summed E-state index contributed by atoms with van der Waals surface area (Å²) in [5.41, 5.74) is 2.14. The van der Waals surface area contributed by atoms with Crippen LogP contribution in [0.5, 0.6) is 5.75 Å². The third-order valence-electron chi connectivity index (χ3n) is 2.66. The number of ether oxygens (including phenoxy) is 1. The fourth-order valence-electron chi connectivity index (χ4n) is 1.67. The second kappa shape index (κ2) is 7.71. The Balaban J connectivity index is 2.70. The van der Waals surface area contributed by atoms with E-state index in [1.54, 1.807) is 7.05 Å². The average Bonchev–Trinajstić information content (AvgIpc) is 2.38. The number of para-hydroxylation sites is 1.